The number of pyridine rings is 2. The SMILES string of the molecule is COC(=O)Cc1ccc2c(c1)NC(=O)CCCCC(c1ccc(-c3c(F)ccc(Cl)c3F)c[n+]1[O-])c1ccc(F)c-2n1. The minimum Gasteiger partial charge on any atom is -0.618 e. The second-order valence-electron chi connectivity index (χ2n) is 9.93. The van der Waals surface area contributed by atoms with Crippen molar-refractivity contribution >= 4 is 29.2 Å². The number of amides is 1. The molecule has 1 atom stereocenters. The third-order valence-electron chi connectivity index (χ3n) is 7.19. The molecule has 2 aromatic carbocycles. The summed E-state index contributed by atoms with van der Waals surface area (Å²) in [4.78, 5) is 29.2. The van der Waals surface area contributed by atoms with E-state index in [1.807, 2.05) is 0 Å². The van der Waals surface area contributed by atoms with Gasteiger partial charge in [0.2, 0.25) is 11.6 Å². The number of ether oxygens (including phenoxy) is 1. The molecule has 1 amide bonds. The number of rotatable bonds is 4. The van der Waals surface area contributed by atoms with Crippen LogP contribution >= 0.6 is 11.6 Å². The van der Waals surface area contributed by atoms with Crippen LogP contribution in [0.3, 0.4) is 0 Å². The highest BCUT2D eigenvalue weighted by Gasteiger charge is 2.27. The van der Waals surface area contributed by atoms with E-state index >= 15 is 4.39 Å². The van der Waals surface area contributed by atoms with Crippen LogP contribution in [0.4, 0.5) is 18.9 Å². The first-order valence-corrected chi connectivity index (χ1v) is 13.6. The molecule has 4 aromatic rings. The van der Waals surface area contributed by atoms with Crippen LogP contribution in [-0.2, 0) is 20.7 Å². The minimum atomic E-state index is -0.980. The molecule has 0 aliphatic carbocycles. The Morgan fingerprint density at radius 1 is 1.10 bits per heavy atom. The van der Waals surface area contributed by atoms with Crippen molar-refractivity contribution in [2.45, 2.75) is 38.0 Å². The van der Waals surface area contributed by atoms with E-state index in [2.05, 4.69) is 10.3 Å². The topological polar surface area (TPSA) is 95.2 Å². The number of nitrogens with one attached hydrogen (secondary N) is 1. The highest BCUT2D eigenvalue weighted by atomic mass is 35.5. The van der Waals surface area contributed by atoms with Crippen molar-refractivity contribution in [3.05, 3.63) is 105 Å². The number of fused-ring (bicyclic) bond motifs is 4. The van der Waals surface area contributed by atoms with Crippen molar-refractivity contribution in [1.29, 1.82) is 0 Å². The largest absolute Gasteiger partial charge is 0.618 e. The van der Waals surface area contributed by atoms with Crippen molar-refractivity contribution in [3.8, 4) is 22.4 Å². The maximum atomic E-state index is 15.2. The maximum Gasteiger partial charge on any atom is 0.309 e. The van der Waals surface area contributed by atoms with Gasteiger partial charge >= 0.3 is 5.97 Å². The maximum absolute atomic E-state index is 15.2. The lowest BCUT2D eigenvalue weighted by Gasteiger charge is -2.20. The van der Waals surface area contributed by atoms with Gasteiger partial charge in [-0.3, -0.25) is 9.59 Å². The summed E-state index contributed by atoms with van der Waals surface area (Å²) in [6, 6.07) is 12.5. The first kappa shape index (κ1) is 29.1. The molecule has 0 fully saturated rings. The second-order valence-corrected chi connectivity index (χ2v) is 10.3. The fourth-order valence-corrected chi connectivity index (χ4v) is 5.24. The number of esters is 1. The van der Waals surface area contributed by atoms with Gasteiger partial charge in [-0.2, -0.15) is 4.73 Å². The number of nitrogens with zero attached hydrogens (tertiary/aromatic N) is 2. The van der Waals surface area contributed by atoms with Crippen LogP contribution in [0.25, 0.3) is 22.4 Å². The van der Waals surface area contributed by atoms with Crippen molar-refractivity contribution in [2.75, 3.05) is 12.4 Å². The first-order chi connectivity index (χ1) is 20.2. The number of hydrogen-bond acceptors (Lipinski definition) is 5. The Labute approximate surface area is 244 Å². The Hall–Kier alpha value is -4.44. The number of methoxy groups -OCH3 is 1. The molecule has 42 heavy (non-hydrogen) atoms. The molecule has 0 spiro atoms. The number of carbonyl (C=O) groups excluding carboxylic acids is 2. The van der Waals surface area contributed by atoms with Gasteiger partial charge in [-0.25, -0.2) is 18.2 Å². The Bertz CT molecular complexity index is 1700. The van der Waals surface area contributed by atoms with Gasteiger partial charge in [-0.15, -0.1) is 0 Å². The van der Waals surface area contributed by atoms with E-state index < -0.39 is 34.9 Å². The van der Waals surface area contributed by atoms with Crippen LogP contribution in [0.15, 0.2) is 60.8 Å². The quantitative estimate of drug-likeness (QED) is 0.126. The summed E-state index contributed by atoms with van der Waals surface area (Å²) >= 11 is 5.84. The van der Waals surface area contributed by atoms with Gasteiger partial charge < -0.3 is 15.3 Å². The van der Waals surface area contributed by atoms with Crippen molar-refractivity contribution in [2.24, 2.45) is 0 Å². The fourth-order valence-electron chi connectivity index (χ4n) is 5.09. The molecule has 1 N–H and O–H groups in total. The van der Waals surface area contributed by atoms with Crippen molar-refractivity contribution in [1.82, 2.24) is 4.98 Å². The van der Waals surface area contributed by atoms with Crippen LogP contribution in [0.1, 0.15) is 48.6 Å². The summed E-state index contributed by atoms with van der Waals surface area (Å²) in [6.45, 7) is 0. The summed E-state index contributed by atoms with van der Waals surface area (Å²) in [7, 11) is 1.27. The molecule has 5 rings (SSSR count). The fraction of sp³-hybridized carbons (Fsp3) is 0.226. The number of benzene rings is 2. The predicted octanol–water partition coefficient (Wildman–Crippen LogP) is 6.48. The predicted molar refractivity (Wildman–Crippen MR) is 150 cm³/mol. The van der Waals surface area contributed by atoms with E-state index in [-0.39, 0.29) is 46.4 Å². The van der Waals surface area contributed by atoms with Gasteiger partial charge in [0, 0.05) is 18.1 Å². The number of aromatic nitrogens is 2. The molecule has 1 aliphatic heterocycles. The van der Waals surface area contributed by atoms with E-state index in [4.69, 9.17) is 16.3 Å². The minimum absolute atomic E-state index is 0.000477. The lowest BCUT2D eigenvalue weighted by atomic mass is 9.91. The third-order valence-corrected chi connectivity index (χ3v) is 7.49. The average Bonchev–Trinajstić information content (AvgIpc) is 2.96. The molecular formula is C31H25ClF3N3O4. The van der Waals surface area contributed by atoms with Gasteiger partial charge in [0.25, 0.3) is 0 Å². The highest BCUT2D eigenvalue weighted by molar-refractivity contribution is 6.31. The van der Waals surface area contributed by atoms with Crippen molar-refractivity contribution in [3.63, 3.8) is 0 Å². The van der Waals surface area contributed by atoms with E-state index in [1.165, 1.54) is 31.4 Å². The summed E-state index contributed by atoms with van der Waals surface area (Å²) < 4.78 is 49.6. The van der Waals surface area contributed by atoms with Gasteiger partial charge in [0.05, 0.1) is 47.0 Å². The zero-order chi connectivity index (χ0) is 30.0. The smallest absolute Gasteiger partial charge is 0.309 e. The highest BCUT2D eigenvalue weighted by Crippen LogP contribution is 2.36. The third kappa shape index (κ3) is 5.94. The monoisotopic (exact) mass is 595 g/mol. The van der Waals surface area contributed by atoms with Crippen molar-refractivity contribution < 1.29 is 32.2 Å². The second kappa shape index (κ2) is 12.2. The van der Waals surface area contributed by atoms with Crippen LogP contribution in [0, 0.1) is 22.7 Å². The van der Waals surface area contributed by atoms with Crippen LogP contribution < -0.4 is 10.0 Å². The standard InChI is InChI=1S/C31H25ClF3N3O4/c1-42-28(40)15-17-6-8-20-25(14-17)36-27(39)5-3-2-4-19(24-12-11-23(34)31(20)37-24)26-13-7-18(16-38(26)41)29-22(33)10-9-21(32)30(29)35/h6-14,16,19H,2-5,15H2,1H3,(H,36,39). The van der Waals surface area contributed by atoms with E-state index in [1.54, 1.807) is 18.2 Å². The van der Waals surface area contributed by atoms with Crippen LogP contribution in [-0.4, -0.2) is 24.0 Å². The molecular weight excluding hydrogens is 571 g/mol. The number of carbonyl (C=O) groups is 2. The average molecular weight is 596 g/mol. The molecule has 0 saturated heterocycles. The number of anilines is 1. The first-order valence-electron chi connectivity index (χ1n) is 13.2. The van der Waals surface area contributed by atoms with E-state index in [0.29, 0.717) is 40.8 Å². The van der Waals surface area contributed by atoms with Gasteiger partial charge in [-0.1, -0.05) is 30.2 Å². The number of halogens is 4. The van der Waals surface area contributed by atoms with Gasteiger partial charge in [-0.05, 0) is 54.8 Å². The Kier molecular flexibility index (Phi) is 8.44. The molecule has 7 nitrogen and oxygen atoms in total. The lowest BCUT2D eigenvalue weighted by molar-refractivity contribution is -0.614. The summed E-state index contributed by atoms with van der Waals surface area (Å²) in [5.74, 6) is -3.88. The molecule has 0 radical (unpaired) electrons. The molecule has 216 valence electrons. The van der Waals surface area contributed by atoms with E-state index in [0.717, 1.165) is 18.3 Å². The summed E-state index contributed by atoms with van der Waals surface area (Å²) in [6.07, 6.45) is 2.61. The normalized spacial score (nSPS) is 15.2. The molecule has 2 bridgehead atoms. The molecule has 2 aromatic heterocycles. The molecule has 0 saturated carbocycles. The van der Waals surface area contributed by atoms with Gasteiger partial charge in [0.1, 0.15) is 17.3 Å². The zero-order valence-corrected chi connectivity index (χ0v) is 23.2. The Balaban J connectivity index is 1.60. The lowest BCUT2D eigenvalue weighted by Crippen LogP contribution is -2.34. The number of hydrogen-bond donors (Lipinski definition) is 1. The van der Waals surface area contributed by atoms with Crippen LogP contribution in [0.2, 0.25) is 5.02 Å². The summed E-state index contributed by atoms with van der Waals surface area (Å²) in [5, 5.41) is 15.8. The Morgan fingerprint density at radius 3 is 2.64 bits per heavy atom. The Morgan fingerprint density at radius 2 is 1.88 bits per heavy atom. The zero-order valence-electron chi connectivity index (χ0n) is 22.4. The summed E-state index contributed by atoms with van der Waals surface area (Å²) in [5.41, 5.74) is 1.32. The van der Waals surface area contributed by atoms with Crippen LogP contribution in [0.5, 0.6) is 0 Å². The molecule has 3 heterocycles. The molecule has 1 aliphatic rings. The van der Waals surface area contributed by atoms with Gasteiger partial charge in [0.15, 0.2) is 12.0 Å². The van der Waals surface area contributed by atoms with E-state index in [9.17, 15) is 23.6 Å². The molecule has 11 heteroatoms. The molecule has 1 unspecified atom stereocenters.